The van der Waals surface area contributed by atoms with Crippen molar-refractivity contribution in [2.45, 2.75) is 30.7 Å². The first kappa shape index (κ1) is 25.5. The Labute approximate surface area is 212 Å². The molecule has 10 heteroatoms. The van der Waals surface area contributed by atoms with Crippen molar-refractivity contribution in [3.05, 3.63) is 94.8 Å². The second-order valence-electron chi connectivity index (χ2n) is 7.97. The van der Waals surface area contributed by atoms with E-state index >= 15 is 0 Å². The van der Waals surface area contributed by atoms with Crippen LogP contribution in [0.25, 0.3) is 10.2 Å². The van der Waals surface area contributed by atoms with Gasteiger partial charge in [-0.1, -0.05) is 72.0 Å². The smallest absolute Gasteiger partial charge is 0.307 e. The van der Waals surface area contributed by atoms with Crippen LogP contribution < -0.4 is 9.94 Å². The summed E-state index contributed by atoms with van der Waals surface area (Å²) in [6.45, 7) is 2.20. The molecule has 2 N–H and O–H groups in total. The molecular weight excluding hydrogens is 498 g/mol. The largest absolute Gasteiger partial charge is 0.466 e. The number of carbonyl (C=O) groups is 2. The number of sulfonamides is 1. The van der Waals surface area contributed by atoms with Crippen molar-refractivity contribution < 1.29 is 22.7 Å². The van der Waals surface area contributed by atoms with Crippen LogP contribution in [0.1, 0.15) is 30.4 Å². The maximum atomic E-state index is 13.6. The molecule has 4 aromatic rings. The molecule has 0 aliphatic carbocycles. The van der Waals surface area contributed by atoms with Crippen molar-refractivity contribution in [2.24, 2.45) is 10.1 Å². The number of aryl methyl sites for hydroxylation is 1. The van der Waals surface area contributed by atoms with E-state index in [1.54, 1.807) is 17.6 Å². The normalized spacial score (nSPS) is 12.2. The van der Waals surface area contributed by atoms with E-state index in [0.29, 0.717) is 15.0 Å². The molecule has 0 atom stereocenters. The molecule has 0 fully saturated rings. The third-order valence-electron chi connectivity index (χ3n) is 5.55. The van der Waals surface area contributed by atoms with Crippen molar-refractivity contribution in [3.8, 4) is 0 Å². The van der Waals surface area contributed by atoms with Crippen molar-refractivity contribution in [1.29, 1.82) is 0 Å². The second kappa shape index (κ2) is 11.0. The summed E-state index contributed by atoms with van der Waals surface area (Å²) in [7, 11) is -3.91. The molecule has 3 aromatic carbocycles. The summed E-state index contributed by atoms with van der Waals surface area (Å²) in [6, 6.07) is 23.2. The van der Waals surface area contributed by atoms with E-state index < -0.39 is 15.9 Å². The average molecular weight is 524 g/mol. The van der Waals surface area contributed by atoms with Crippen LogP contribution in [-0.2, 0) is 30.9 Å². The van der Waals surface area contributed by atoms with Gasteiger partial charge in [-0.2, -0.15) is 4.99 Å². The molecule has 36 heavy (non-hydrogen) atoms. The number of fused-ring (bicyclic) bond motifs is 1. The number of amides is 1. The Morgan fingerprint density at radius 3 is 2.17 bits per heavy atom. The van der Waals surface area contributed by atoms with Crippen LogP contribution in [0.2, 0.25) is 0 Å². The van der Waals surface area contributed by atoms with E-state index in [9.17, 15) is 18.0 Å². The second-order valence-corrected chi connectivity index (χ2v) is 10.5. The van der Waals surface area contributed by atoms with Gasteiger partial charge in [-0.3, -0.25) is 9.59 Å². The Morgan fingerprint density at radius 2 is 1.61 bits per heavy atom. The maximum Gasteiger partial charge on any atom is 0.307 e. The predicted molar refractivity (Wildman–Crippen MR) is 138 cm³/mol. The van der Waals surface area contributed by atoms with E-state index in [2.05, 4.69) is 4.99 Å². The van der Waals surface area contributed by atoms with Gasteiger partial charge in [-0.05, 0) is 36.2 Å². The molecule has 1 amide bonds. The van der Waals surface area contributed by atoms with Gasteiger partial charge in [-0.15, -0.1) is 0 Å². The van der Waals surface area contributed by atoms with Crippen LogP contribution in [0.5, 0.6) is 0 Å². The number of esters is 1. The van der Waals surface area contributed by atoms with Crippen LogP contribution >= 0.6 is 11.3 Å². The number of nitrogens with zero attached hydrogens (tertiary/aromatic N) is 2. The summed E-state index contributed by atoms with van der Waals surface area (Å²) in [5.41, 5.74) is 2.24. The Bertz CT molecular complexity index is 1520. The molecule has 0 bridgehead atoms. The number of benzene rings is 3. The highest BCUT2D eigenvalue weighted by Crippen LogP contribution is 2.27. The molecule has 1 heterocycles. The molecule has 186 valence electrons. The quantitative estimate of drug-likeness (QED) is 0.354. The van der Waals surface area contributed by atoms with E-state index in [-0.39, 0.29) is 36.3 Å². The molecule has 0 saturated heterocycles. The number of carbonyl (C=O) groups excluding carboxylic acids is 2. The van der Waals surface area contributed by atoms with Crippen molar-refractivity contribution in [2.75, 3.05) is 6.61 Å². The lowest BCUT2D eigenvalue weighted by atomic mass is 9.91. The summed E-state index contributed by atoms with van der Waals surface area (Å²) in [5, 5.41) is 5.30. The first-order valence-corrected chi connectivity index (χ1v) is 13.6. The Hall–Kier alpha value is -3.60. The van der Waals surface area contributed by atoms with Gasteiger partial charge < -0.3 is 9.30 Å². The maximum absolute atomic E-state index is 13.6. The highest BCUT2D eigenvalue weighted by molar-refractivity contribution is 7.89. The minimum Gasteiger partial charge on any atom is -0.466 e. The molecule has 0 aliphatic rings. The van der Waals surface area contributed by atoms with E-state index in [1.807, 2.05) is 60.7 Å². The number of rotatable bonds is 8. The summed E-state index contributed by atoms with van der Waals surface area (Å²) < 4.78 is 31.1. The fourth-order valence-electron chi connectivity index (χ4n) is 3.90. The van der Waals surface area contributed by atoms with Crippen LogP contribution in [0, 0.1) is 0 Å². The van der Waals surface area contributed by atoms with Gasteiger partial charge in [0.25, 0.3) is 5.91 Å². The molecule has 4 rings (SSSR count). The lowest BCUT2D eigenvalue weighted by Crippen LogP contribution is -2.22. The Balaban J connectivity index is 1.84. The third kappa shape index (κ3) is 5.78. The van der Waals surface area contributed by atoms with E-state index in [1.165, 1.54) is 12.1 Å². The van der Waals surface area contributed by atoms with Crippen molar-refractivity contribution >= 4 is 43.5 Å². The average Bonchev–Trinajstić information content (AvgIpc) is 3.20. The zero-order chi connectivity index (χ0) is 25.7. The van der Waals surface area contributed by atoms with Crippen LogP contribution in [0.3, 0.4) is 0 Å². The monoisotopic (exact) mass is 523 g/mol. The van der Waals surface area contributed by atoms with Gasteiger partial charge in [0.05, 0.1) is 34.1 Å². The van der Waals surface area contributed by atoms with Crippen LogP contribution in [-0.4, -0.2) is 31.5 Å². The van der Waals surface area contributed by atoms with Gasteiger partial charge in [-0.25, -0.2) is 13.6 Å². The topological polar surface area (TPSA) is 121 Å². The molecule has 0 saturated carbocycles. The third-order valence-corrected chi connectivity index (χ3v) is 7.50. The molecule has 0 aliphatic heterocycles. The van der Waals surface area contributed by atoms with Gasteiger partial charge in [0, 0.05) is 6.54 Å². The Morgan fingerprint density at radius 1 is 1.00 bits per heavy atom. The highest BCUT2D eigenvalue weighted by Gasteiger charge is 2.23. The number of hydrogen-bond acceptors (Lipinski definition) is 6. The zero-order valence-corrected chi connectivity index (χ0v) is 21.2. The molecule has 8 nitrogen and oxygen atoms in total. The first-order valence-electron chi connectivity index (χ1n) is 11.3. The summed E-state index contributed by atoms with van der Waals surface area (Å²) in [5.74, 6) is -1.39. The summed E-state index contributed by atoms with van der Waals surface area (Å²) in [4.78, 5) is 30.5. The standard InChI is InChI=1S/C26H25N3O5S2/c1-2-34-23(30)15-16-29-21-14-13-20(36(27,32)33)17-22(21)35-26(29)28-25(31)24(18-9-5-3-6-10-18)19-11-7-4-8-12-19/h3-14,17,24H,2,15-16H2,1H3,(H2,27,32,33). The van der Waals surface area contributed by atoms with Crippen molar-refractivity contribution in [3.63, 3.8) is 0 Å². The van der Waals surface area contributed by atoms with E-state index in [4.69, 9.17) is 9.88 Å². The number of aromatic nitrogens is 1. The van der Waals surface area contributed by atoms with E-state index in [0.717, 1.165) is 22.5 Å². The van der Waals surface area contributed by atoms with Gasteiger partial charge >= 0.3 is 5.97 Å². The lowest BCUT2D eigenvalue weighted by molar-refractivity contribution is -0.143. The predicted octanol–water partition coefficient (Wildman–Crippen LogP) is 3.56. The fourth-order valence-corrected chi connectivity index (χ4v) is 5.61. The fraction of sp³-hybridized carbons (Fsp3) is 0.192. The SMILES string of the molecule is CCOC(=O)CCn1c(=NC(=O)C(c2ccccc2)c2ccccc2)sc2cc(S(N)(=O)=O)ccc21. The zero-order valence-electron chi connectivity index (χ0n) is 19.5. The van der Waals surface area contributed by atoms with Gasteiger partial charge in [0.1, 0.15) is 0 Å². The lowest BCUT2D eigenvalue weighted by Gasteiger charge is -2.14. The van der Waals surface area contributed by atoms with Gasteiger partial charge in [0.2, 0.25) is 10.0 Å². The summed E-state index contributed by atoms with van der Waals surface area (Å²) >= 11 is 1.16. The molecular formula is C26H25N3O5S2. The molecule has 0 spiro atoms. The molecule has 1 aromatic heterocycles. The Kier molecular flexibility index (Phi) is 7.78. The number of hydrogen-bond donors (Lipinski definition) is 1. The van der Waals surface area contributed by atoms with Crippen LogP contribution in [0.4, 0.5) is 0 Å². The number of primary sulfonamides is 1. The minimum atomic E-state index is -3.91. The molecule has 0 radical (unpaired) electrons. The number of nitrogens with two attached hydrogens (primary N) is 1. The minimum absolute atomic E-state index is 0.0434. The van der Waals surface area contributed by atoms with Gasteiger partial charge in [0.15, 0.2) is 4.80 Å². The first-order chi connectivity index (χ1) is 17.3. The number of ether oxygens (including phenoxy) is 1. The highest BCUT2D eigenvalue weighted by atomic mass is 32.2. The number of thiazole rings is 1. The van der Waals surface area contributed by atoms with Crippen molar-refractivity contribution in [1.82, 2.24) is 4.57 Å². The van der Waals surface area contributed by atoms with Crippen LogP contribution in [0.15, 0.2) is 88.8 Å². The summed E-state index contributed by atoms with van der Waals surface area (Å²) in [6.07, 6.45) is 0.0682. The molecule has 0 unspecified atom stereocenters.